The SMILES string of the molecule is Cc1ccc(-n2nc(C(C)(C)C)c3c2N(CC(=O)NCc2cccnc2)C(=O)CS[C@@H]3c2ccccc2C)c(C)c1. The number of pyridine rings is 1. The van der Waals surface area contributed by atoms with Crippen LogP contribution < -0.4 is 10.2 Å². The Kier molecular flexibility index (Phi) is 8.04. The van der Waals surface area contributed by atoms with E-state index < -0.39 is 0 Å². The van der Waals surface area contributed by atoms with Gasteiger partial charge in [0.2, 0.25) is 11.8 Å². The summed E-state index contributed by atoms with van der Waals surface area (Å²) in [7, 11) is 0. The number of thioether (sulfide) groups is 1. The average molecular weight is 568 g/mol. The highest BCUT2D eigenvalue weighted by molar-refractivity contribution is 8.00. The highest BCUT2D eigenvalue weighted by atomic mass is 32.2. The molecule has 2 amide bonds. The second-order valence-corrected chi connectivity index (χ2v) is 12.8. The number of hydrogen-bond donors (Lipinski definition) is 1. The Morgan fingerprint density at radius 3 is 2.51 bits per heavy atom. The zero-order chi connectivity index (χ0) is 29.3. The fourth-order valence-corrected chi connectivity index (χ4v) is 6.61. The van der Waals surface area contributed by atoms with Crippen molar-refractivity contribution in [3.05, 3.63) is 106 Å². The molecule has 2 aromatic carbocycles. The number of hydrogen-bond acceptors (Lipinski definition) is 5. The maximum Gasteiger partial charge on any atom is 0.240 e. The lowest BCUT2D eigenvalue weighted by Gasteiger charge is -2.25. The lowest BCUT2D eigenvalue weighted by Crippen LogP contribution is -2.42. The van der Waals surface area contributed by atoms with E-state index in [1.54, 1.807) is 29.1 Å². The summed E-state index contributed by atoms with van der Waals surface area (Å²) < 4.78 is 1.90. The predicted octanol–water partition coefficient (Wildman–Crippen LogP) is 5.98. The van der Waals surface area contributed by atoms with Crippen LogP contribution in [0.4, 0.5) is 5.82 Å². The van der Waals surface area contributed by atoms with Crippen molar-refractivity contribution >= 4 is 29.4 Å². The first-order chi connectivity index (χ1) is 19.5. The quantitative estimate of drug-likeness (QED) is 0.310. The molecule has 8 heteroatoms. The summed E-state index contributed by atoms with van der Waals surface area (Å²) in [5.41, 5.74) is 7.90. The molecule has 1 atom stereocenters. The van der Waals surface area contributed by atoms with Crippen LogP contribution in [-0.2, 0) is 21.5 Å². The Morgan fingerprint density at radius 2 is 1.83 bits per heavy atom. The third-order valence-corrected chi connectivity index (χ3v) is 8.60. The Hall–Kier alpha value is -3.91. The number of benzene rings is 2. The molecule has 1 aliphatic heterocycles. The van der Waals surface area contributed by atoms with Gasteiger partial charge >= 0.3 is 0 Å². The van der Waals surface area contributed by atoms with Crippen molar-refractivity contribution in [2.24, 2.45) is 0 Å². The molecule has 3 heterocycles. The molecule has 4 aromatic rings. The molecule has 41 heavy (non-hydrogen) atoms. The summed E-state index contributed by atoms with van der Waals surface area (Å²) in [6, 6.07) is 18.3. The second-order valence-electron chi connectivity index (χ2n) is 11.7. The summed E-state index contributed by atoms with van der Waals surface area (Å²) in [4.78, 5) is 33.0. The third-order valence-electron chi connectivity index (χ3n) is 7.37. The van der Waals surface area contributed by atoms with Crippen LogP contribution in [0.2, 0.25) is 0 Å². The van der Waals surface area contributed by atoms with Gasteiger partial charge in [-0.2, -0.15) is 5.10 Å². The van der Waals surface area contributed by atoms with E-state index in [0.29, 0.717) is 12.4 Å². The number of carbonyl (C=O) groups is 2. The molecule has 0 saturated carbocycles. The van der Waals surface area contributed by atoms with Gasteiger partial charge in [-0.25, -0.2) is 4.68 Å². The number of rotatable bonds is 6. The molecule has 0 radical (unpaired) electrons. The minimum Gasteiger partial charge on any atom is -0.350 e. The van der Waals surface area contributed by atoms with Crippen molar-refractivity contribution in [2.45, 2.75) is 58.8 Å². The van der Waals surface area contributed by atoms with Gasteiger partial charge in [0.05, 0.1) is 22.4 Å². The van der Waals surface area contributed by atoms with Crippen molar-refractivity contribution in [1.29, 1.82) is 0 Å². The lowest BCUT2D eigenvalue weighted by molar-refractivity contribution is -0.123. The zero-order valence-electron chi connectivity index (χ0n) is 24.6. The molecule has 1 aliphatic rings. The fourth-order valence-electron chi connectivity index (χ4n) is 5.31. The first-order valence-electron chi connectivity index (χ1n) is 13.9. The smallest absolute Gasteiger partial charge is 0.240 e. The molecule has 1 N–H and O–H groups in total. The van der Waals surface area contributed by atoms with Crippen LogP contribution in [0.5, 0.6) is 0 Å². The molecular formula is C33H37N5O2S. The van der Waals surface area contributed by atoms with Crippen LogP contribution in [0.25, 0.3) is 5.69 Å². The number of aromatic nitrogens is 3. The largest absolute Gasteiger partial charge is 0.350 e. The van der Waals surface area contributed by atoms with Crippen molar-refractivity contribution in [1.82, 2.24) is 20.1 Å². The van der Waals surface area contributed by atoms with Crippen LogP contribution in [0.1, 0.15) is 65.1 Å². The maximum atomic E-state index is 13.9. The summed E-state index contributed by atoms with van der Waals surface area (Å²) in [6.45, 7) is 12.9. The van der Waals surface area contributed by atoms with E-state index in [2.05, 4.69) is 82.2 Å². The van der Waals surface area contributed by atoms with Gasteiger partial charge in [-0.1, -0.05) is 68.8 Å². The Balaban J connectivity index is 1.69. The maximum absolute atomic E-state index is 13.9. The molecule has 0 fully saturated rings. The number of nitrogens with zero attached hydrogens (tertiary/aromatic N) is 4. The van der Waals surface area contributed by atoms with Gasteiger partial charge in [-0.3, -0.25) is 19.5 Å². The minimum atomic E-state index is -0.308. The number of fused-ring (bicyclic) bond motifs is 1. The van der Waals surface area contributed by atoms with Crippen molar-refractivity contribution in [3.8, 4) is 5.69 Å². The van der Waals surface area contributed by atoms with E-state index in [0.717, 1.165) is 44.8 Å². The number of amides is 2. The normalized spacial score (nSPS) is 15.4. The standard InChI is InChI=1S/C33H37N5O2S/c1-21-13-14-26(23(3)16-21)38-32-29(31(36-38)33(4,5)6)30(25-12-8-7-10-22(25)2)41-20-28(40)37(32)19-27(39)35-18-24-11-9-15-34-17-24/h7-17,30H,18-20H2,1-6H3,(H,35,39)/t30-/m1/s1. The molecule has 5 rings (SSSR count). The topological polar surface area (TPSA) is 80.1 Å². The molecule has 2 aromatic heterocycles. The summed E-state index contributed by atoms with van der Waals surface area (Å²) in [5, 5.41) is 8.08. The van der Waals surface area contributed by atoms with Crippen LogP contribution in [0, 0.1) is 20.8 Å². The van der Waals surface area contributed by atoms with E-state index >= 15 is 0 Å². The number of carbonyl (C=O) groups excluding carboxylic acids is 2. The van der Waals surface area contributed by atoms with E-state index in [1.807, 2.05) is 28.9 Å². The summed E-state index contributed by atoms with van der Waals surface area (Å²) in [6.07, 6.45) is 3.43. The molecule has 0 spiro atoms. The fraction of sp³-hybridized carbons (Fsp3) is 0.333. The molecular weight excluding hydrogens is 530 g/mol. The monoisotopic (exact) mass is 567 g/mol. The van der Waals surface area contributed by atoms with Crippen LogP contribution in [-0.4, -0.2) is 38.9 Å². The first kappa shape index (κ1) is 28.6. The Bertz CT molecular complexity index is 1590. The van der Waals surface area contributed by atoms with E-state index in [1.165, 1.54) is 0 Å². The number of aryl methyl sites for hydroxylation is 3. The van der Waals surface area contributed by atoms with Crippen LogP contribution >= 0.6 is 11.8 Å². The highest BCUT2D eigenvalue weighted by Gasteiger charge is 2.40. The second kappa shape index (κ2) is 11.5. The van der Waals surface area contributed by atoms with E-state index in [4.69, 9.17) is 5.10 Å². The Morgan fingerprint density at radius 1 is 1.05 bits per heavy atom. The summed E-state index contributed by atoms with van der Waals surface area (Å²) in [5.74, 6) is 0.565. The summed E-state index contributed by atoms with van der Waals surface area (Å²) >= 11 is 1.60. The molecule has 7 nitrogen and oxygen atoms in total. The van der Waals surface area contributed by atoms with Crippen molar-refractivity contribution < 1.29 is 9.59 Å². The van der Waals surface area contributed by atoms with Gasteiger partial charge in [0.15, 0.2) is 0 Å². The first-order valence-corrected chi connectivity index (χ1v) is 14.9. The van der Waals surface area contributed by atoms with Crippen LogP contribution in [0.15, 0.2) is 67.0 Å². The van der Waals surface area contributed by atoms with Gasteiger partial charge in [0, 0.05) is 29.9 Å². The Labute approximate surface area is 246 Å². The number of anilines is 1. The average Bonchev–Trinajstić information content (AvgIpc) is 3.26. The minimum absolute atomic E-state index is 0.104. The zero-order valence-corrected chi connectivity index (χ0v) is 25.4. The van der Waals surface area contributed by atoms with Gasteiger partial charge in [-0.05, 0) is 55.2 Å². The van der Waals surface area contributed by atoms with Gasteiger partial charge in [0.1, 0.15) is 12.4 Å². The van der Waals surface area contributed by atoms with Crippen LogP contribution in [0.3, 0.4) is 0 Å². The highest BCUT2D eigenvalue weighted by Crippen LogP contribution is 2.49. The number of nitrogens with one attached hydrogen (secondary N) is 1. The molecule has 0 unspecified atom stereocenters. The van der Waals surface area contributed by atoms with E-state index in [9.17, 15) is 9.59 Å². The predicted molar refractivity (Wildman–Crippen MR) is 166 cm³/mol. The van der Waals surface area contributed by atoms with Gasteiger partial charge < -0.3 is 5.32 Å². The van der Waals surface area contributed by atoms with Crippen molar-refractivity contribution in [3.63, 3.8) is 0 Å². The van der Waals surface area contributed by atoms with Gasteiger partial charge in [-0.15, -0.1) is 11.8 Å². The molecule has 0 bridgehead atoms. The third kappa shape index (κ3) is 5.93. The molecule has 0 aliphatic carbocycles. The molecule has 212 valence electrons. The van der Waals surface area contributed by atoms with Crippen molar-refractivity contribution in [2.75, 3.05) is 17.2 Å². The lowest BCUT2D eigenvalue weighted by atomic mass is 9.86. The van der Waals surface area contributed by atoms with Gasteiger partial charge in [0.25, 0.3) is 0 Å². The molecule has 0 saturated heterocycles. The van der Waals surface area contributed by atoms with E-state index in [-0.39, 0.29) is 34.8 Å².